The molecule has 0 bridgehead atoms. The van der Waals surface area contributed by atoms with E-state index in [1.54, 1.807) is 13.8 Å². The zero-order valence-corrected chi connectivity index (χ0v) is 17.3. The molecule has 148 valence electrons. The standard InChI is InChI=1S/C21H40O4/c1-7-17(2)25-19(24)21(5,6)16-14-12-10-8-9-11-13-15-20(3,4)18(22)23/h17H,7-16H2,1-6H3,(H,22,23). The number of aliphatic carboxylic acids is 1. The van der Waals surface area contributed by atoms with E-state index in [-0.39, 0.29) is 12.1 Å². The Kier molecular flexibility index (Phi) is 11.0. The third kappa shape index (κ3) is 10.5. The normalized spacial score (nSPS) is 13.5. The molecule has 1 atom stereocenters. The molecular formula is C21H40O4. The Morgan fingerprint density at radius 3 is 1.64 bits per heavy atom. The molecule has 0 heterocycles. The number of hydrogen-bond donors (Lipinski definition) is 1. The van der Waals surface area contributed by atoms with E-state index in [0.717, 1.165) is 51.4 Å². The second kappa shape index (κ2) is 11.5. The minimum atomic E-state index is -0.707. The quantitative estimate of drug-likeness (QED) is 0.307. The molecular weight excluding hydrogens is 316 g/mol. The van der Waals surface area contributed by atoms with Gasteiger partial charge in [-0.1, -0.05) is 51.9 Å². The van der Waals surface area contributed by atoms with Gasteiger partial charge in [0.05, 0.1) is 16.9 Å². The second-order valence-electron chi connectivity index (χ2n) is 8.67. The number of carboxylic acid groups (broad SMARTS) is 1. The molecule has 0 rings (SSSR count). The SMILES string of the molecule is CCC(C)OC(=O)C(C)(C)CCCCCCCCCC(C)(C)C(=O)O. The van der Waals surface area contributed by atoms with Crippen LogP contribution in [0.15, 0.2) is 0 Å². The number of esters is 1. The average molecular weight is 357 g/mol. The summed E-state index contributed by atoms with van der Waals surface area (Å²) < 4.78 is 5.45. The Morgan fingerprint density at radius 2 is 1.24 bits per heavy atom. The number of unbranched alkanes of at least 4 members (excludes halogenated alkanes) is 6. The number of carbonyl (C=O) groups is 2. The second-order valence-corrected chi connectivity index (χ2v) is 8.67. The first-order chi connectivity index (χ1) is 11.5. The lowest BCUT2D eigenvalue weighted by atomic mass is 9.86. The van der Waals surface area contributed by atoms with Crippen LogP contribution in [0.2, 0.25) is 0 Å². The summed E-state index contributed by atoms with van der Waals surface area (Å²) in [6, 6.07) is 0. The van der Waals surface area contributed by atoms with Gasteiger partial charge >= 0.3 is 11.9 Å². The van der Waals surface area contributed by atoms with Crippen LogP contribution in [0.3, 0.4) is 0 Å². The number of carboxylic acids is 1. The summed E-state index contributed by atoms with van der Waals surface area (Å²) in [4.78, 5) is 23.2. The zero-order chi connectivity index (χ0) is 19.5. The maximum absolute atomic E-state index is 12.1. The Labute approximate surface area is 154 Å². The predicted molar refractivity (Wildman–Crippen MR) is 103 cm³/mol. The summed E-state index contributed by atoms with van der Waals surface area (Å²) in [6.07, 6.45) is 10.3. The highest BCUT2D eigenvalue weighted by Gasteiger charge is 2.29. The largest absolute Gasteiger partial charge is 0.481 e. The van der Waals surface area contributed by atoms with Crippen LogP contribution in [0.4, 0.5) is 0 Å². The smallest absolute Gasteiger partial charge is 0.311 e. The highest BCUT2D eigenvalue weighted by Crippen LogP contribution is 2.27. The molecule has 4 nitrogen and oxygen atoms in total. The van der Waals surface area contributed by atoms with Crippen molar-refractivity contribution in [2.24, 2.45) is 10.8 Å². The molecule has 0 aromatic rings. The molecule has 0 aromatic carbocycles. The maximum Gasteiger partial charge on any atom is 0.311 e. The molecule has 0 spiro atoms. The lowest BCUT2D eigenvalue weighted by Crippen LogP contribution is -2.29. The van der Waals surface area contributed by atoms with Crippen LogP contribution in [0.25, 0.3) is 0 Å². The van der Waals surface area contributed by atoms with E-state index in [0.29, 0.717) is 0 Å². The minimum Gasteiger partial charge on any atom is -0.481 e. The van der Waals surface area contributed by atoms with Gasteiger partial charge in [0.15, 0.2) is 0 Å². The van der Waals surface area contributed by atoms with Crippen molar-refractivity contribution in [2.75, 3.05) is 0 Å². The minimum absolute atomic E-state index is 0.00196. The van der Waals surface area contributed by atoms with Crippen LogP contribution in [0.1, 0.15) is 106 Å². The van der Waals surface area contributed by atoms with E-state index in [9.17, 15) is 9.59 Å². The molecule has 0 aliphatic heterocycles. The predicted octanol–water partition coefficient (Wildman–Crippen LogP) is 5.98. The van der Waals surface area contributed by atoms with Crippen LogP contribution < -0.4 is 0 Å². The van der Waals surface area contributed by atoms with Crippen LogP contribution >= 0.6 is 0 Å². The molecule has 1 unspecified atom stereocenters. The van der Waals surface area contributed by atoms with Crippen LogP contribution in [0.5, 0.6) is 0 Å². The van der Waals surface area contributed by atoms with E-state index < -0.39 is 16.8 Å². The fourth-order valence-corrected chi connectivity index (χ4v) is 2.65. The molecule has 0 radical (unpaired) electrons. The Hall–Kier alpha value is -1.06. The highest BCUT2D eigenvalue weighted by molar-refractivity contribution is 5.76. The lowest BCUT2D eigenvalue weighted by Gasteiger charge is -2.24. The van der Waals surface area contributed by atoms with E-state index in [1.165, 1.54) is 12.8 Å². The zero-order valence-electron chi connectivity index (χ0n) is 17.3. The van der Waals surface area contributed by atoms with Gasteiger partial charge < -0.3 is 9.84 Å². The Bertz CT molecular complexity index is 399. The van der Waals surface area contributed by atoms with Crippen molar-refractivity contribution >= 4 is 11.9 Å². The summed E-state index contributed by atoms with van der Waals surface area (Å²) in [5.74, 6) is -0.787. The topological polar surface area (TPSA) is 63.6 Å². The number of hydrogen-bond acceptors (Lipinski definition) is 3. The van der Waals surface area contributed by atoms with E-state index in [2.05, 4.69) is 0 Å². The van der Waals surface area contributed by atoms with Crippen molar-refractivity contribution in [2.45, 2.75) is 112 Å². The fraction of sp³-hybridized carbons (Fsp3) is 0.905. The first-order valence-corrected chi connectivity index (χ1v) is 9.97. The third-order valence-electron chi connectivity index (χ3n) is 5.12. The molecule has 0 amide bonds. The summed E-state index contributed by atoms with van der Waals surface area (Å²) >= 11 is 0. The van der Waals surface area contributed by atoms with Crippen molar-refractivity contribution in [3.8, 4) is 0 Å². The van der Waals surface area contributed by atoms with Crippen molar-refractivity contribution in [3.05, 3.63) is 0 Å². The van der Waals surface area contributed by atoms with Gasteiger partial charge in [-0.25, -0.2) is 0 Å². The number of ether oxygens (including phenoxy) is 1. The summed E-state index contributed by atoms with van der Waals surface area (Å²) in [6.45, 7) is 11.5. The molecule has 0 aliphatic carbocycles. The van der Waals surface area contributed by atoms with Gasteiger partial charge in [-0.05, 0) is 53.9 Å². The van der Waals surface area contributed by atoms with Gasteiger partial charge in [-0.2, -0.15) is 0 Å². The summed E-state index contributed by atoms with van der Waals surface area (Å²) in [5, 5.41) is 9.08. The summed E-state index contributed by atoms with van der Waals surface area (Å²) in [5.41, 5.74) is -0.999. The molecule has 25 heavy (non-hydrogen) atoms. The highest BCUT2D eigenvalue weighted by atomic mass is 16.5. The number of carbonyl (C=O) groups excluding carboxylic acids is 1. The molecule has 0 aromatic heterocycles. The lowest BCUT2D eigenvalue weighted by molar-refractivity contribution is -0.159. The van der Waals surface area contributed by atoms with Crippen molar-refractivity contribution < 1.29 is 19.4 Å². The first-order valence-electron chi connectivity index (χ1n) is 9.97. The van der Waals surface area contributed by atoms with Crippen molar-refractivity contribution in [1.82, 2.24) is 0 Å². The van der Waals surface area contributed by atoms with Crippen molar-refractivity contribution in [1.29, 1.82) is 0 Å². The monoisotopic (exact) mass is 356 g/mol. The molecule has 0 saturated heterocycles. The Morgan fingerprint density at radius 1 is 0.840 bits per heavy atom. The molecule has 0 aliphatic rings. The summed E-state index contributed by atoms with van der Waals surface area (Å²) in [7, 11) is 0. The van der Waals surface area contributed by atoms with Gasteiger partial charge in [0.1, 0.15) is 0 Å². The van der Waals surface area contributed by atoms with Crippen LogP contribution in [-0.2, 0) is 14.3 Å². The molecule has 0 saturated carbocycles. The van der Waals surface area contributed by atoms with E-state index >= 15 is 0 Å². The molecule has 0 fully saturated rings. The fourth-order valence-electron chi connectivity index (χ4n) is 2.65. The van der Waals surface area contributed by atoms with Crippen LogP contribution in [0, 0.1) is 10.8 Å². The maximum atomic E-state index is 12.1. The van der Waals surface area contributed by atoms with E-state index in [4.69, 9.17) is 9.84 Å². The van der Waals surface area contributed by atoms with Crippen LogP contribution in [-0.4, -0.2) is 23.1 Å². The van der Waals surface area contributed by atoms with Gasteiger partial charge in [-0.3, -0.25) is 9.59 Å². The molecule has 4 heteroatoms. The van der Waals surface area contributed by atoms with Gasteiger partial charge in [-0.15, -0.1) is 0 Å². The van der Waals surface area contributed by atoms with Gasteiger partial charge in [0.25, 0.3) is 0 Å². The first kappa shape index (κ1) is 23.9. The molecule has 1 N–H and O–H groups in total. The Balaban J connectivity index is 3.72. The average Bonchev–Trinajstić information content (AvgIpc) is 2.52. The third-order valence-corrected chi connectivity index (χ3v) is 5.12. The van der Waals surface area contributed by atoms with Gasteiger partial charge in [0, 0.05) is 0 Å². The van der Waals surface area contributed by atoms with Gasteiger partial charge in [0.2, 0.25) is 0 Å². The number of rotatable bonds is 14. The van der Waals surface area contributed by atoms with E-state index in [1.807, 2.05) is 27.7 Å². The van der Waals surface area contributed by atoms with Crippen molar-refractivity contribution in [3.63, 3.8) is 0 Å².